The molecule has 2 aromatic rings. The summed E-state index contributed by atoms with van der Waals surface area (Å²) < 4.78 is 0. The predicted molar refractivity (Wildman–Crippen MR) is 181 cm³/mol. The van der Waals surface area contributed by atoms with Crippen molar-refractivity contribution < 1.29 is 29.1 Å². The van der Waals surface area contributed by atoms with Gasteiger partial charge in [0.25, 0.3) is 0 Å². The molecule has 0 saturated carbocycles. The minimum Gasteiger partial charge on any atom is -0.480 e. The molecule has 0 aliphatic carbocycles. The number of thioether (sulfide) groups is 1. The summed E-state index contributed by atoms with van der Waals surface area (Å²) in [4.78, 5) is 65.6. The van der Waals surface area contributed by atoms with Crippen LogP contribution < -0.4 is 27.0 Å². The summed E-state index contributed by atoms with van der Waals surface area (Å²) in [5.74, 6) is -3.13. The van der Waals surface area contributed by atoms with Gasteiger partial charge in [-0.05, 0) is 47.8 Å². The highest BCUT2D eigenvalue weighted by molar-refractivity contribution is 7.98. The lowest BCUT2D eigenvalue weighted by atomic mass is 9.98. The molecule has 0 aromatic heterocycles. The van der Waals surface area contributed by atoms with Gasteiger partial charge in [0, 0.05) is 12.8 Å². The second kappa shape index (κ2) is 19.6. The normalized spacial score (nSPS) is 14.4. The average Bonchev–Trinajstić information content (AvgIpc) is 3.01. The van der Waals surface area contributed by atoms with E-state index in [2.05, 4.69) is 21.3 Å². The number of carboxylic acids is 1. The van der Waals surface area contributed by atoms with E-state index in [1.54, 1.807) is 49.9 Å². The number of benzene rings is 2. The molecule has 7 N–H and O–H groups in total. The highest BCUT2D eigenvalue weighted by Crippen LogP contribution is 2.11. The van der Waals surface area contributed by atoms with Gasteiger partial charge in [-0.1, -0.05) is 88.4 Å². The van der Waals surface area contributed by atoms with Gasteiger partial charge in [-0.2, -0.15) is 11.8 Å². The van der Waals surface area contributed by atoms with Crippen LogP contribution in [0.4, 0.5) is 0 Å². The molecule has 2 rings (SSSR count). The number of carboxylic acid groups (broad SMARTS) is 1. The van der Waals surface area contributed by atoms with Gasteiger partial charge in [-0.3, -0.25) is 19.2 Å². The van der Waals surface area contributed by atoms with Crippen molar-refractivity contribution in [3.63, 3.8) is 0 Å². The molecular formula is C34H49N5O6S. The first-order valence-corrected chi connectivity index (χ1v) is 17.0. The van der Waals surface area contributed by atoms with Gasteiger partial charge in [0.05, 0.1) is 6.04 Å². The Bertz CT molecular complexity index is 1280. The summed E-state index contributed by atoms with van der Waals surface area (Å²) >= 11 is 1.57. The Morgan fingerprint density at radius 2 is 1.17 bits per heavy atom. The third kappa shape index (κ3) is 13.2. The average molecular weight is 656 g/mol. The maximum absolute atomic E-state index is 13.8. The third-order valence-corrected chi connectivity index (χ3v) is 8.01. The highest BCUT2D eigenvalue weighted by atomic mass is 32.2. The van der Waals surface area contributed by atoms with E-state index >= 15 is 0 Å². The van der Waals surface area contributed by atoms with Gasteiger partial charge < -0.3 is 32.1 Å². The molecule has 0 fully saturated rings. The third-order valence-electron chi connectivity index (χ3n) is 7.37. The van der Waals surface area contributed by atoms with Crippen LogP contribution in [0.25, 0.3) is 0 Å². The molecule has 0 radical (unpaired) electrons. The summed E-state index contributed by atoms with van der Waals surface area (Å²) in [7, 11) is 0. The van der Waals surface area contributed by atoms with E-state index in [0.29, 0.717) is 18.6 Å². The molecule has 252 valence electrons. The van der Waals surface area contributed by atoms with Crippen LogP contribution >= 0.6 is 11.8 Å². The fourth-order valence-electron chi connectivity index (χ4n) is 4.79. The monoisotopic (exact) mass is 655 g/mol. The zero-order valence-corrected chi connectivity index (χ0v) is 28.1. The van der Waals surface area contributed by atoms with Gasteiger partial charge in [0.15, 0.2) is 0 Å². The summed E-state index contributed by atoms with van der Waals surface area (Å²) in [5, 5.41) is 20.7. The Hall–Kier alpha value is -3.90. The Kier molecular flexibility index (Phi) is 16.3. The molecule has 0 bridgehead atoms. The van der Waals surface area contributed by atoms with E-state index in [1.807, 2.05) is 56.5 Å². The SMILES string of the molecule is CSCC[C@H](N)C(=O)N[C@@H](CC(C)C)C(=O)N[C@@H](Cc1ccccc1)C(=O)N[C@H](C(=O)N[C@@H](Cc1ccccc1)C(=O)O)C(C)C. The van der Waals surface area contributed by atoms with Crippen LogP contribution in [-0.2, 0) is 36.8 Å². The molecule has 0 aliphatic heterocycles. The van der Waals surface area contributed by atoms with E-state index in [9.17, 15) is 29.1 Å². The first-order chi connectivity index (χ1) is 21.8. The molecule has 5 atom stereocenters. The Labute approximate surface area is 276 Å². The van der Waals surface area contributed by atoms with Crippen LogP contribution in [0, 0.1) is 11.8 Å². The lowest BCUT2D eigenvalue weighted by Gasteiger charge is -2.28. The number of carbonyl (C=O) groups is 5. The summed E-state index contributed by atoms with van der Waals surface area (Å²) in [6.07, 6.45) is 2.88. The van der Waals surface area contributed by atoms with E-state index < -0.39 is 65.7 Å². The van der Waals surface area contributed by atoms with Crippen molar-refractivity contribution in [3.8, 4) is 0 Å². The number of hydrogen-bond donors (Lipinski definition) is 6. The number of amides is 4. The first-order valence-electron chi connectivity index (χ1n) is 15.6. The molecule has 0 unspecified atom stereocenters. The van der Waals surface area contributed by atoms with E-state index in [-0.39, 0.29) is 18.8 Å². The lowest BCUT2D eigenvalue weighted by Crippen LogP contribution is -2.60. The summed E-state index contributed by atoms with van der Waals surface area (Å²) in [5.41, 5.74) is 7.55. The van der Waals surface area contributed by atoms with Crippen LogP contribution in [0.1, 0.15) is 51.7 Å². The zero-order chi connectivity index (χ0) is 34.2. The topological polar surface area (TPSA) is 180 Å². The second-order valence-corrected chi connectivity index (χ2v) is 13.1. The van der Waals surface area contributed by atoms with E-state index in [4.69, 9.17) is 5.73 Å². The minimum absolute atomic E-state index is 0.0481. The van der Waals surface area contributed by atoms with Crippen molar-refractivity contribution >= 4 is 41.4 Å². The Morgan fingerprint density at radius 3 is 1.65 bits per heavy atom. The first kappa shape index (κ1) is 38.3. The number of nitrogens with two attached hydrogens (primary N) is 1. The largest absolute Gasteiger partial charge is 0.480 e. The number of rotatable bonds is 19. The van der Waals surface area contributed by atoms with Gasteiger partial charge in [-0.25, -0.2) is 4.79 Å². The number of hydrogen-bond acceptors (Lipinski definition) is 7. The second-order valence-electron chi connectivity index (χ2n) is 12.1. The van der Waals surface area contributed by atoms with Gasteiger partial charge in [-0.15, -0.1) is 0 Å². The molecule has 0 heterocycles. The summed E-state index contributed by atoms with van der Waals surface area (Å²) in [6.45, 7) is 7.30. The quantitative estimate of drug-likeness (QED) is 0.133. The smallest absolute Gasteiger partial charge is 0.326 e. The van der Waals surface area contributed by atoms with Crippen LogP contribution in [0.5, 0.6) is 0 Å². The molecule has 0 spiro atoms. The molecular weight excluding hydrogens is 606 g/mol. The molecule has 0 aliphatic rings. The van der Waals surface area contributed by atoms with Gasteiger partial charge >= 0.3 is 5.97 Å². The summed E-state index contributed by atoms with van der Waals surface area (Å²) in [6, 6.07) is 12.9. The maximum atomic E-state index is 13.8. The van der Waals surface area contributed by atoms with Gasteiger partial charge in [0.2, 0.25) is 23.6 Å². The standard InChI is InChI=1S/C34H49N5O6S/c1-21(2)18-26(36-30(40)25(35)16-17-46-5)31(41)37-27(19-23-12-8-6-9-13-23)32(42)39-29(22(3)4)33(43)38-28(34(44)45)20-24-14-10-7-11-15-24/h6-15,21-22,25-29H,16-20,35H2,1-5H3,(H,36,40)(H,37,41)(H,38,43)(H,39,42)(H,44,45)/t25-,26-,27-,28-,29-/m0/s1. The lowest BCUT2D eigenvalue weighted by molar-refractivity contribution is -0.142. The molecule has 11 nitrogen and oxygen atoms in total. The van der Waals surface area contributed by atoms with Crippen molar-refractivity contribution in [3.05, 3.63) is 71.8 Å². The predicted octanol–water partition coefficient (Wildman–Crippen LogP) is 2.28. The fraction of sp³-hybridized carbons (Fsp3) is 0.500. The van der Waals surface area contributed by atoms with Crippen molar-refractivity contribution in [1.29, 1.82) is 0 Å². The van der Waals surface area contributed by atoms with Crippen LogP contribution in [0.3, 0.4) is 0 Å². The van der Waals surface area contributed by atoms with Crippen LogP contribution in [0.15, 0.2) is 60.7 Å². The van der Waals surface area contributed by atoms with Crippen LogP contribution in [0.2, 0.25) is 0 Å². The van der Waals surface area contributed by atoms with Crippen LogP contribution in [-0.4, -0.2) is 76.9 Å². The maximum Gasteiger partial charge on any atom is 0.326 e. The Balaban J connectivity index is 2.26. The number of aliphatic carboxylic acids is 1. The van der Waals surface area contributed by atoms with Crippen molar-refractivity contribution in [1.82, 2.24) is 21.3 Å². The molecule has 12 heteroatoms. The molecule has 0 saturated heterocycles. The minimum atomic E-state index is -1.21. The molecule has 4 amide bonds. The zero-order valence-electron chi connectivity index (χ0n) is 27.3. The Morgan fingerprint density at radius 1 is 0.696 bits per heavy atom. The molecule has 46 heavy (non-hydrogen) atoms. The fourth-order valence-corrected chi connectivity index (χ4v) is 5.28. The van der Waals surface area contributed by atoms with Crippen molar-refractivity contribution in [2.24, 2.45) is 17.6 Å². The number of nitrogens with one attached hydrogen (secondary N) is 4. The van der Waals surface area contributed by atoms with E-state index in [0.717, 1.165) is 11.1 Å². The van der Waals surface area contributed by atoms with Crippen molar-refractivity contribution in [2.75, 3.05) is 12.0 Å². The highest BCUT2D eigenvalue weighted by Gasteiger charge is 2.33. The molecule has 2 aromatic carbocycles. The van der Waals surface area contributed by atoms with E-state index in [1.165, 1.54) is 0 Å². The number of carbonyl (C=O) groups excluding carboxylic acids is 4. The van der Waals surface area contributed by atoms with Crippen molar-refractivity contribution in [2.45, 2.75) is 83.6 Å². The van der Waals surface area contributed by atoms with Gasteiger partial charge in [0.1, 0.15) is 24.2 Å².